The minimum atomic E-state index is -0.982. The van der Waals surface area contributed by atoms with E-state index >= 15 is 0 Å². The second kappa shape index (κ2) is 6.63. The van der Waals surface area contributed by atoms with E-state index in [9.17, 15) is 14.3 Å². The van der Waals surface area contributed by atoms with Crippen molar-refractivity contribution in [3.63, 3.8) is 0 Å². The first kappa shape index (κ1) is 15.4. The highest BCUT2D eigenvalue weighted by Gasteiger charge is 2.19. The maximum Gasteiger partial charge on any atom is 0.338 e. The molecule has 0 amide bonds. The lowest BCUT2D eigenvalue weighted by Crippen LogP contribution is -2.15. The van der Waals surface area contributed by atoms with Crippen LogP contribution in [0.25, 0.3) is 0 Å². The zero-order valence-corrected chi connectivity index (χ0v) is 12.7. The van der Waals surface area contributed by atoms with Gasteiger partial charge in [0.05, 0.1) is 11.3 Å². The number of anilines is 2. The molecule has 0 aliphatic heterocycles. The summed E-state index contributed by atoms with van der Waals surface area (Å²) < 4.78 is 13.4. The fourth-order valence-electron chi connectivity index (χ4n) is 2.11. The van der Waals surface area contributed by atoms with E-state index in [0.29, 0.717) is 16.3 Å². The maximum atomic E-state index is 13.4. The van der Waals surface area contributed by atoms with Crippen LogP contribution in [-0.4, -0.2) is 23.9 Å². The lowest BCUT2D eigenvalue weighted by molar-refractivity contribution is 0.0694. The van der Waals surface area contributed by atoms with E-state index in [2.05, 4.69) is 0 Å². The SMILES string of the molecule is CCSc1cccc(N(C)c2cccc(F)c2)c1C(=O)O. The summed E-state index contributed by atoms with van der Waals surface area (Å²) in [5, 5.41) is 9.51. The molecule has 5 heteroatoms. The molecule has 0 saturated heterocycles. The van der Waals surface area contributed by atoms with Crippen molar-refractivity contribution < 1.29 is 14.3 Å². The molecule has 110 valence electrons. The Morgan fingerprint density at radius 3 is 2.62 bits per heavy atom. The van der Waals surface area contributed by atoms with Crippen molar-refractivity contribution in [3.8, 4) is 0 Å². The zero-order valence-electron chi connectivity index (χ0n) is 11.8. The summed E-state index contributed by atoms with van der Waals surface area (Å²) in [7, 11) is 1.73. The van der Waals surface area contributed by atoms with Crippen LogP contribution in [0.2, 0.25) is 0 Å². The third kappa shape index (κ3) is 3.36. The second-order valence-corrected chi connectivity index (χ2v) is 5.73. The van der Waals surface area contributed by atoms with Gasteiger partial charge in [-0.25, -0.2) is 9.18 Å². The maximum absolute atomic E-state index is 13.4. The lowest BCUT2D eigenvalue weighted by Gasteiger charge is -2.22. The predicted octanol–water partition coefficient (Wildman–Crippen LogP) is 4.40. The number of hydrogen-bond donors (Lipinski definition) is 1. The van der Waals surface area contributed by atoms with Gasteiger partial charge < -0.3 is 10.0 Å². The van der Waals surface area contributed by atoms with E-state index in [0.717, 1.165) is 5.75 Å². The monoisotopic (exact) mass is 305 g/mol. The van der Waals surface area contributed by atoms with Gasteiger partial charge in [-0.05, 0) is 36.1 Å². The predicted molar refractivity (Wildman–Crippen MR) is 84.3 cm³/mol. The molecule has 0 saturated carbocycles. The van der Waals surface area contributed by atoms with Crippen molar-refractivity contribution in [2.75, 3.05) is 17.7 Å². The first-order chi connectivity index (χ1) is 10.0. The average Bonchev–Trinajstić information content (AvgIpc) is 2.46. The molecule has 0 radical (unpaired) electrons. The molecule has 0 aliphatic rings. The van der Waals surface area contributed by atoms with Crippen molar-refractivity contribution in [2.45, 2.75) is 11.8 Å². The molecular formula is C16H16FNO2S. The van der Waals surface area contributed by atoms with Crippen LogP contribution in [-0.2, 0) is 0 Å². The van der Waals surface area contributed by atoms with Gasteiger partial charge in [0.15, 0.2) is 0 Å². The highest BCUT2D eigenvalue weighted by molar-refractivity contribution is 7.99. The molecule has 0 fully saturated rings. The summed E-state index contributed by atoms with van der Waals surface area (Å²) >= 11 is 1.48. The molecule has 0 aliphatic carbocycles. The van der Waals surface area contributed by atoms with Crippen molar-refractivity contribution in [3.05, 3.63) is 53.8 Å². The van der Waals surface area contributed by atoms with E-state index in [1.165, 1.54) is 23.9 Å². The molecule has 0 spiro atoms. The third-order valence-corrected chi connectivity index (χ3v) is 4.01. The summed E-state index contributed by atoms with van der Waals surface area (Å²) in [4.78, 5) is 14.0. The summed E-state index contributed by atoms with van der Waals surface area (Å²) in [5.74, 6) is -0.548. The fourth-order valence-corrected chi connectivity index (χ4v) is 2.94. The van der Waals surface area contributed by atoms with E-state index in [-0.39, 0.29) is 11.4 Å². The van der Waals surface area contributed by atoms with Gasteiger partial charge in [0, 0.05) is 17.6 Å². The zero-order chi connectivity index (χ0) is 15.4. The first-order valence-electron chi connectivity index (χ1n) is 6.53. The van der Waals surface area contributed by atoms with Gasteiger partial charge in [-0.3, -0.25) is 0 Å². The number of carboxylic acid groups (broad SMARTS) is 1. The average molecular weight is 305 g/mol. The van der Waals surface area contributed by atoms with Crippen LogP contribution < -0.4 is 4.90 Å². The summed E-state index contributed by atoms with van der Waals surface area (Å²) in [6.07, 6.45) is 0. The number of carboxylic acids is 1. The van der Waals surface area contributed by atoms with Crippen LogP contribution in [0.15, 0.2) is 47.4 Å². The number of carbonyl (C=O) groups is 1. The van der Waals surface area contributed by atoms with Crippen molar-refractivity contribution >= 4 is 29.1 Å². The van der Waals surface area contributed by atoms with Gasteiger partial charge in [-0.2, -0.15) is 0 Å². The van der Waals surface area contributed by atoms with E-state index in [4.69, 9.17) is 0 Å². The molecule has 2 aromatic carbocycles. The number of nitrogens with zero attached hydrogens (tertiary/aromatic N) is 1. The molecule has 2 aromatic rings. The number of thioether (sulfide) groups is 1. The minimum absolute atomic E-state index is 0.246. The summed E-state index contributed by atoms with van der Waals surface area (Å²) in [5.41, 5.74) is 1.40. The Morgan fingerprint density at radius 1 is 1.29 bits per heavy atom. The Labute approximate surface area is 127 Å². The second-order valence-electron chi connectivity index (χ2n) is 4.43. The quantitative estimate of drug-likeness (QED) is 0.831. The Morgan fingerprint density at radius 2 is 2.00 bits per heavy atom. The van der Waals surface area contributed by atoms with E-state index in [1.54, 1.807) is 36.2 Å². The van der Waals surface area contributed by atoms with Gasteiger partial charge in [0.1, 0.15) is 5.82 Å². The molecule has 21 heavy (non-hydrogen) atoms. The largest absolute Gasteiger partial charge is 0.478 e. The first-order valence-corrected chi connectivity index (χ1v) is 7.51. The van der Waals surface area contributed by atoms with Crippen LogP contribution in [0.3, 0.4) is 0 Å². The number of hydrogen-bond acceptors (Lipinski definition) is 3. The normalized spacial score (nSPS) is 10.4. The Hall–Kier alpha value is -2.01. The lowest BCUT2D eigenvalue weighted by atomic mass is 10.1. The molecule has 1 N–H and O–H groups in total. The van der Waals surface area contributed by atoms with Crippen molar-refractivity contribution in [2.24, 2.45) is 0 Å². The van der Waals surface area contributed by atoms with Crippen molar-refractivity contribution in [1.29, 1.82) is 0 Å². The minimum Gasteiger partial charge on any atom is -0.478 e. The van der Waals surface area contributed by atoms with Crippen LogP contribution in [0, 0.1) is 5.82 Å². The summed E-state index contributed by atoms with van der Waals surface area (Å²) in [6.45, 7) is 1.97. The fraction of sp³-hybridized carbons (Fsp3) is 0.188. The molecule has 0 aromatic heterocycles. The number of halogens is 1. The smallest absolute Gasteiger partial charge is 0.338 e. The Bertz CT molecular complexity index is 660. The molecule has 3 nitrogen and oxygen atoms in total. The molecule has 0 heterocycles. The molecule has 2 rings (SSSR count). The highest BCUT2D eigenvalue weighted by Crippen LogP contribution is 2.33. The van der Waals surface area contributed by atoms with Gasteiger partial charge in [-0.15, -0.1) is 11.8 Å². The third-order valence-electron chi connectivity index (χ3n) is 3.07. The van der Waals surface area contributed by atoms with E-state index in [1.807, 2.05) is 13.0 Å². The van der Waals surface area contributed by atoms with Gasteiger partial charge >= 0.3 is 5.97 Å². The number of aromatic carboxylic acids is 1. The molecular weight excluding hydrogens is 289 g/mol. The molecule has 0 unspecified atom stereocenters. The Kier molecular flexibility index (Phi) is 4.85. The van der Waals surface area contributed by atoms with Crippen LogP contribution in [0.1, 0.15) is 17.3 Å². The van der Waals surface area contributed by atoms with Crippen LogP contribution >= 0.6 is 11.8 Å². The van der Waals surface area contributed by atoms with Crippen molar-refractivity contribution in [1.82, 2.24) is 0 Å². The topological polar surface area (TPSA) is 40.5 Å². The standard InChI is InChI=1S/C16H16FNO2S/c1-3-21-14-9-5-8-13(15(14)16(19)20)18(2)12-7-4-6-11(17)10-12/h4-10H,3H2,1-2H3,(H,19,20). The Balaban J connectivity index is 2.52. The number of benzene rings is 2. The number of rotatable bonds is 5. The summed E-state index contributed by atoms with van der Waals surface area (Å²) in [6, 6.07) is 11.4. The van der Waals surface area contributed by atoms with Crippen LogP contribution in [0.4, 0.5) is 15.8 Å². The molecule has 0 atom stereocenters. The molecule has 0 bridgehead atoms. The van der Waals surface area contributed by atoms with Gasteiger partial charge in [0.25, 0.3) is 0 Å². The van der Waals surface area contributed by atoms with Gasteiger partial charge in [0.2, 0.25) is 0 Å². The van der Waals surface area contributed by atoms with Crippen LogP contribution in [0.5, 0.6) is 0 Å². The van der Waals surface area contributed by atoms with E-state index < -0.39 is 5.97 Å². The van der Waals surface area contributed by atoms with Gasteiger partial charge in [-0.1, -0.05) is 19.1 Å². The highest BCUT2D eigenvalue weighted by atomic mass is 32.2.